The fourth-order valence-electron chi connectivity index (χ4n) is 0.826. The van der Waals surface area contributed by atoms with Crippen LogP contribution in [0.25, 0.3) is 0 Å². The van der Waals surface area contributed by atoms with Crippen LogP contribution in [0.5, 0.6) is 0 Å². The topological polar surface area (TPSA) is 36.8 Å². The van der Waals surface area contributed by atoms with Crippen molar-refractivity contribution in [3.05, 3.63) is 0 Å². The number of rotatable bonds is 5. The molecule has 0 aliphatic rings. The van der Waals surface area contributed by atoms with Crippen LogP contribution in [0.2, 0.25) is 0 Å². The molecule has 0 amide bonds. The average molecular weight is 157 g/mol. The minimum absolute atomic E-state index is 0.194. The molecule has 0 aromatic heterocycles. The van der Waals surface area contributed by atoms with Gasteiger partial charge in [-0.2, -0.15) is 10.2 Å². The molecule has 0 aliphatic carbocycles. The number of hydrogen-bond donors (Lipinski definition) is 1. The maximum atomic E-state index is 4.08. The van der Waals surface area contributed by atoms with Gasteiger partial charge in [0.25, 0.3) is 0 Å². The highest BCUT2D eigenvalue weighted by atomic mass is 15.2. The van der Waals surface area contributed by atoms with Gasteiger partial charge in [0.1, 0.15) is 6.17 Å². The molecular formula is C8H19N3. The molecule has 0 bridgehead atoms. The summed E-state index contributed by atoms with van der Waals surface area (Å²) in [5.74, 6) is 0.519. The standard InChI is InChI=1S/C8H19N3/c1-5-6-10-8(7(2)3)11-9-4/h7-8,10H,5-6H2,1-4H3. The molecule has 0 aromatic rings. The fourth-order valence-corrected chi connectivity index (χ4v) is 0.826. The number of nitrogens with zero attached hydrogens (tertiary/aromatic N) is 2. The van der Waals surface area contributed by atoms with Crippen LogP contribution < -0.4 is 5.32 Å². The van der Waals surface area contributed by atoms with Crippen LogP contribution in [-0.2, 0) is 0 Å². The van der Waals surface area contributed by atoms with E-state index in [1.54, 1.807) is 7.05 Å². The third-order valence-electron chi connectivity index (χ3n) is 1.47. The summed E-state index contributed by atoms with van der Waals surface area (Å²) in [7, 11) is 1.71. The molecule has 0 radical (unpaired) electrons. The molecule has 3 nitrogen and oxygen atoms in total. The van der Waals surface area contributed by atoms with Crippen molar-refractivity contribution >= 4 is 0 Å². The second-order valence-electron chi connectivity index (χ2n) is 2.96. The number of nitrogens with one attached hydrogen (secondary N) is 1. The van der Waals surface area contributed by atoms with Gasteiger partial charge in [-0.05, 0) is 18.9 Å². The van der Waals surface area contributed by atoms with Crippen LogP contribution in [0.4, 0.5) is 0 Å². The lowest BCUT2D eigenvalue weighted by atomic mass is 10.1. The molecule has 0 heterocycles. The van der Waals surface area contributed by atoms with Gasteiger partial charge in [-0.3, -0.25) is 5.32 Å². The molecule has 0 aromatic carbocycles. The van der Waals surface area contributed by atoms with Crippen molar-refractivity contribution in [3.8, 4) is 0 Å². The van der Waals surface area contributed by atoms with Crippen LogP contribution in [0.1, 0.15) is 27.2 Å². The highest BCUT2D eigenvalue weighted by Gasteiger charge is 2.09. The summed E-state index contributed by atoms with van der Waals surface area (Å²) in [6.07, 6.45) is 1.34. The quantitative estimate of drug-likeness (QED) is 0.609. The average Bonchev–Trinajstić information content (AvgIpc) is 1.97. The van der Waals surface area contributed by atoms with Gasteiger partial charge in [-0.25, -0.2) is 0 Å². The van der Waals surface area contributed by atoms with Crippen molar-refractivity contribution < 1.29 is 0 Å². The van der Waals surface area contributed by atoms with Crippen molar-refractivity contribution in [1.29, 1.82) is 0 Å². The number of hydrogen-bond acceptors (Lipinski definition) is 3. The molecule has 1 unspecified atom stereocenters. The van der Waals surface area contributed by atoms with Crippen LogP contribution in [0.3, 0.4) is 0 Å². The molecule has 11 heavy (non-hydrogen) atoms. The Labute approximate surface area is 69.3 Å². The van der Waals surface area contributed by atoms with E-state index >= 15 is 0 Å². The van der Waals surface area contributed by atoms with Crippen molar-refractivity contribution in [2.75, 3.05) is 13.6 Å². The zero-order chi connectivity index (χ0) is 8.69. The third kappa shape index (κ3) is 4.90. The highest BCUT2D eigenvalue weighted by molar-refractivity contribution is 4.64. The van der Waals surface area contributed by atoms with E-state index in [0.29, 0.717) is 5.92 Å². The Bertz CT molecular complexity index is 110. The second-order valence-corrected chi connectivity index (χ2v) is 2.96. The van der Waals surface area contributed by atoms with Gasteiger partial charge in [-0.1, -0.05) is 20.8 Å². The molecule has 0 spiro atoms. The third-order valence-corrected chi connectivity index (χ3v) is 1.47. The molecule has 66 valence electrons. The normalized spacial score (nSPS) is 14.6. The Morgan fingerprint density at radius 3 is 2.36 bits per heavy atom. The lowest BCUT2D eigenvalue weighted by molar-refractivity contribution is 0.398. The van der Waals surface area contributed by atoms with Crippen molar-refractivity contribution in [3.63, 3.8) is 0 Å². The van der Waals surface area contributed by atoms with E-state index in [-0.39, 0.29) is 6.17 Å². The van der Waals surface area contributed by atoms with Crippen molar-refractivity contribution in [2.45, 2.75) is 33.4 Å². The maximum absolute atomic E-state index is 4.08. The van der Waals surface area contributed by atoms with E-state index in [9.17, 15) is 0 Å². The maximum Gasteiger partial charge on any atom is 0.123 e. The second kappa shape index (κ2) is 6.28. The minimum atomic E-state index is 0.194. The summed E-state index contributed by atoms with van der Waals surface area (Å²) in [5.41, 5.74) is 0. The van der Waals surface area contributed by atoms with Gasteiger partial charge in [-0.15, -0.1) is 0 Å². The van der Waals surface area contributed by atoms with Crippen LogP contribution >= 0.6 is 0 Å². The first-order valence-electron chi connectivity index (χ1n) is 4.24. The van der Waals surface area contributed by atoms with E-state index in [1.165, 1.54) is 0 Å². The predicted molar refractivity (Wildman–Crippen MR) is 47.7 cm³/mol. The first kappa shape index (κ1) is 10.6. The summed E-state index contributed by atoms with van der Waals surface area (Å²) < 4.78 is 0. The van der Waals surface area contributed by atoms with Gasteiger partial charge in [0.05, 0.1) is 0 Å². The molecule has 0 saturated heterocycles. The Kier molecular flexibility index (Phi) is 6.03. The van der Waals surface area contributed by atoms with Crippen molar-refractivity contribution in [1.82, 2.24) is 5.32 Å². The molecule has 0 aliphatic heterocycles. The zero-order valence-corrected chi connectivity index (χ0v) is 7.96. The van der Waals surface area contributed by atoms with E-state index in [4.69, 9.17) is 0 Å². The lowest BCUT2D eigenvalue weighted by Gasteiger charge is -2.15. The first-order chi connectivity index (χ1) is 5.22. The van der Waals surface area contributed by atoms with Crippen LogP contribution in [0, 0.1) is 5.92 Å². The summed E-state index contributed by atoms with van der Waals surface area (Å²) >= 11 is 0. The fraction of sp³-hybridized carbons (Fsp3) is 1.00. The van der Waals surface area contributed by atoms with E-state index < -0.39 is 0 Å². The first-order valence-corrected chi connectivity index (χ1v) is 4.24. The summed E-state index contributed by atoms with van der Waals surface area (Å²) in [4.78, 5) is 0. The lowest BCUT2D eigenvalue weighted by Crippen LogP contribution is -2.32. The molecule has 1 N–H and O–H groups in total. The summed E-state index contributed by atoms with van der Waals surface area (Å²) in [6, 6.07) is 0. The smallest absolute Gasteiger partial charge is 0.123 e. The molecule has 0 saturated carbocycles. The summed E-state index contributed by atoms with van der Waals surface area (Å²) in [6.45, 7) is 7.44. The van der Waals surface area contributed by atoms with E-state index in [2.05, 4.69) is 36.3 Å². The Hall–Kier alpha value is -0.440. The molecule has 0 rings (SSSR count). The van der Waals surface area contributed by atoms with Gasteiger partial charge < -0.3 is 0 Å². The highest BCUT2D eigenvalue weighted by Crippen LogP contribution is 2.02. The largest absolute Gasteiger partial charge is 0.294 e. The Morgan fingerprint density at radius 1 is 1.36 bits per heavy atom. The van der Waals surface area contributed by atoms with Crippen LogP contribution in [0.15, 0.2) is 10.2 Å². The monoisotopic (exact) mass is 157 g/mol. The Balaban J connectivity index is 3.70. The number of azo groups is 1. The minimum Gasteiger partial charge on any atom is -0.294 e. The Morgan fingerprint density at radius 2 is 2.00 bits per heavy atom. The van der Waals surface area contributed by atoms with Gasteiger partial charge in [0.2, 0.25) is 0 Å². The van der Waals surface area contributed by atoms with Crippen molar-refractivity contribution in [2.24, 2.45) is 16.1 Å². The summed E-state index contributed by atoms with van der Waals surface area (Å²) in [5, 5.41) is 11.2. The van der Waals surface area contributed by atoms with Gasteiger partial charge in [0, 0.05) is 7.05 Å². The van der Waals surface area contributed by atoms with Gasteiger partial charge >= 0.3 is 0 Å². The van der Waals surface area contributed by atoms with Gasteiger partial charge in [0.15, 0.2) is 0 Å². The van der Waals surface area contributed by atoms with E-state index in [1.807, 2.05) is 0 Å². The SMILES string of the molecule is CCCNC(N=NC)C(C)C. The molecule has 0 fully saturated rings. The predicted octanol–water partition coefficient (Wildman–Crippen LogP) is 2.05. The molecular weight excluding hydrogens is 138 g/mol. The molecule has 3 heteroatoms. The zero-order valence-electron chi connectivity index (χ0n) is 7.96. The van der Waals surface area contributed by atoms with Crippen LogP contribution in [-0.4, -0.2) is 19.8 Å². The van der Waals surface area contributed by atoms with E-state index in [0.717, 1.165) is 13.0 Å². The molecule has 1 atom stereocenters.